The van der Waals surface area contributed by atoms with E-state index in [-0.39, 0.29) is 17.1 Å². The second-order valence-electron chi connectivity index (χ2n) is 6.59. The molecule has 0 spiro atoms. The number of ether oxygens (including phenoxy) is 2. The van der Waals surface area contributed by atoms with Crippen LogP contribution in [-0.2, 0) is 4.74 Å². The van der Waals surface area contributed by atoms with Crippen molar-refractivity contribution >= 4 is 61.9 Å². The highest BCUT2D eigenvalue weighted by Crippen LogP contribution is 2.35. The van der Waals surface area contributed by atoms with Crippen LogP contribution < -0.4 is 15.4 Å². The van der Waals surface area contributed by atoms with Gasteiger partial charge in [-0.25, -0.2) is 0 Å². The van der Waals surface area contributed by atoms with Gasteiger partial charge in [0.25, 0.3) is 5.91 Å². The maximum Gasteiger partial charge on any atom is 0.269 e. The number of hydrogen-bond acceptors (Lipinski definition) is 5. The summed E-state index contributed by atoms with van der Waals surface area (Å²) in [5.41, 5.74) is 0.679. The van der Waals surface area contributed by atoms with E-state index in [0.717, 1.165) is 29.5 Å². The molecule has 2 N–H and O–H groups in total. The van der Waals surface area contributed by atoms with Crippen molar-refractivity contribution in [1.29, 1.82) is 0 Å². The lowest BCUT2D eigenvalue weighted by Gasteiger charge is -2.16. The number of para-hydroxylation sites is 2. The van der Waals surface area contributed by atoms with Crippen molar-refractivity contribution in [1.82, 2.24) is 5.32 Å². The zero-order chi connectivity index (χ0) is 20.2. The third-order valence-electron chi connectivity index (χ3n) is 4.55. The smallest absolute Gasteiger partial charge is 0.269 e. The lowest BCUT2D eigenvalue weighted by Crippen LogP contribution is -2.34. The molecule has 5 nitrogen and oxygen atoms in total. The van der Waals surface area contributed by atoms with Crippen LogP contribution in [0.1, 0.15) is 22.5 Å². The molecular formula is C21H19ClN2O3S2. The number of thiocarbonyl (C=S) groups is 1. The number of anilines is 1. The molecule has 0 saturated carbocycles. The van der Waals surface area contributed by atoms with Gasteiger partial charge in [0.2, 0.25) is 0 Å². The molecule has 1 unspecified atom stereocenters. The Morgan fingerprint density at radius 1 is 1.24 bits per heavy atom. The van der Waals surface area contributed by atoms with Gasteiger partial charge in [0, 0.05) is 16.7 Å². The van der Waals surface area contributed by atoms with E-state index in [1.165, 1.54) is 11.3 Å². The van der Waals surface area contributed by atoms with E-state index in [4.69, 9.17) is 33.3 Å². The van der Waals surface area contributed by atoms with Crippen molar-refractivity contribution in [3.05, 3.63) is 58.4 Å². The molecule has 1 amide bonds. The van der Waals surface area contributed by atoms with Gasteiger partial charge in [-0.3, -0.25) is 10.1 Å². The molecule has 1 aromatic heterocycles. The second-order valence-corrected chi connectivity index (χ2v) is 8.43. The van der Waals surface area contributed by atoms with E-state index in [1.54, 1.807) is 0 Å². The van der Waals surface area contributed by atoms with Crippen LogP contribution in [0, 0.1) is 0 Å². The molecular weight excluding hydrogens is 428 g/mol. The van der Waals surface area contributed by atoms with E-state index >= 15 is 0 Å². The molecule has 0 bridgehead atoms. The first-order valence-corrected chi connectivity index (χ1v) is 10.8. The summed E-state index contributed by atoms with van der Waals surface area (Å²) >= 11 is 13.0. The largest absolute Gasteiger partial charge is 0.489 e. The van der Waals surface area contributed by atoms with E-state index in [9.17, 15) is 4.79 Å². The fourth-order valence-electron chi connectivity index (χ4n) is 3.13. The average molecular weight is 447 g/mol. The molecule has 0 radical (unpaired) electrons. The Labute approximate surface area is 183 Å². The van der Waals surface area contributed by atoms with Crippen LogP contribution in [0.25, 0.3) is 10.1 Å². The molecule has 1 saturated heterocycles. The van der Waals surface area contributed by atoms with Crippen LogP contribution in [0.2, 0.25) is 5.02 Å². The van der Waals surface area contributed by atoms with Crippen LogP contribution in [-0.4, -0.2) is 30.3 Å². The normalized spacial score (nSPS) is 16.0. The zero-order valence-electron chi connectivity index (χ0n) is 15.4. The predicted octanol–water partition coefficient (Wildman–Crippen LogP) is 5.24. The van der Waals surface area contributed by atoms with Crippen LogP contribution in [0.4, 0.5) is 5.69 Å². The summed E-state index contributed by atoms with van der Waals surface area (Å²) < 4.78 is 12.4. The Balaban J connectivity index is 1.41. The summed E-state index contributed by atoms with van der Waals surface area (Å²) in [7, 11) is 0. The number of fused-ring (bicyclic) bond motifs is 1. The summed E-state index contributed by atoms with van der Waals surface area (Å²) in [4.78, 5) is 13.1. The van der Waals surface area contributed by atoms with E-state index in [2.05, 4.69) is 10.6 Å². The Hall–Kier alpha value is -2.19. The van der Waals surface area contributed by atoms with Gasteiger partial charge in [-0.2, -0.15) is 0 Å². The Morgan fingerprint density at radius 3 is 2.83 bits per heavy atom. The van der Waals surface area contributed by atoms with Gasteiger partial charge in [0.15, 0.2) is 5.11 Å². The Kier molecular flexibility index (Phi) is 6.30. The van der Waals surface area contributed by atoms with Gasteiger partial charge in [-0.05, 0) is 43.3 Å². The number of carbonyl (C=O) groups is 1. The lowest BCUT2D eigenvalue weighted by atomic mass is 10.2. The fraction of sp³-hybridized carbons (Fsp3) is 0.238. The molecule has 1 aliphatic rings. The standard InChI is InChI=1S/C21H19ClN2O3S2/c22-18-14-7-1-4-10-17(14)29-19(18)20(25)24-21(28)23-15-8-2-3-9-16(15)27-12-13-6-5-11-26-13/h1-4,7-10,13H,5-6,11-12H2,(H2,23,24,25,28). The minimum atomic E-state index is -0.341. The van der Waals surface area contributed by atoms with Gasteiger partial charge in [-0.15, -0.1) is 11.3 Å². The monoisotopic (exact) mass is 446 g/mol. The molecule has 0 aliphatic carbocycles. The highest BCUT2D eigenvalue weighted by atomic mass is 35.5. The molecule has 1 aliphatic heterocycles. The van der Waals surface area contributed by atoms with Crippen molar-refractivity contribution < 1.29 is 14.3 Å². The van der Waals surface area contributed by atoms with Crippen LogP contribution in [0.5, 0.6) is 5.75 Å². The predicted molar refractivity (Wildman–Crippen MR) is 121 cm³/mol. The number of amides is 1. The van der Waals surface area contributed by atoms with Crippen molar-refractivity contribution in [2.75, 3.05) is 18.5 Å². The first-order chi connectivity index (χ1) is 14.1. The molecule has 1 atom stereocenters. The van der Waals surface area contributed by atoms with E-state index < -0.39 is 0 Å². The zero-order valence-corrected chi connectivity index (χ0v) is 17.8. The fourth-order valence-corrected chi connectivity index (χ4v) is 4.74. The molecule has 150 valence electrons. The lowest BCUT2D eigenvalue weighted by molar-refractivity contribution is 0.0682. The van der Waals surface area contributed by atoms with Gasteiger partial charge in [0.1, 0.15) is 17.2 Å². The SMILES string of the molecule is O=C(NC(=S)Nc1ccccc1OCC1CCCO1)c1sc2ccccc2c1Cl. The highest BCUT2D eigenvalue weighted by Gasteiger charge is 2.19. The third kappa shape index (κ3) is 4.70. The van der Waals surface area contributed by atoms with Crippen molar-refractivity contribution in [2.24, 2.45) is 0 Å². The number of rotatable bonds is 5. The summed E-state index contributed by atoms with van der Waals surface area (Å²) in [5, 5.41) is 7.20. The third-order valence-corrected chi connectivity index (χ3v) is 6.43. The second kappa shape index (κ2) is 9.09. The number of halogens is 1. The van der Waals surface area contributed by atoms with Gasteiger partial charge < -0.3 is 14.8 Å². The summed E-state index contributed by atoms with van der Waals surface area (Å²) in [6.07, 6.45) is 2.18. The van der Waals surface area contributed by atoms with Crippen LogP contribution in [0.15, 0.2) is 48.5 Å². The van der Waals surface area contributed by atoms with E-state index in [1.807, 2.05) is 48.5 Å². The molecule has 4 rings (SSSR count). The van der Waals surface area contributed by atoms with Crippen molar-refractivity contribution in [3.63, 3.8) is 0 Å². The molecule has 1 fully saturated rings. The van der Waals surface area contributed by atoms with Gasteiger partial charge in [0.05, 0.1) is 16.8 Å². The Morgan fingerprint density at radius 2 is 2.03 bits per heavy atom. The number of nitrogens with one attached hydrogen (secondary N) is 2. The molecule has 2 aromatic carbocycles. The first kappa shape index (κ1) is 20.1. The maximum absolute atomic E-state index is 12.7. The highest BCUT2D eigenvalue weighted by molar-refractivity contribution is 7.80. The number of hydrogen-bond donors (Lipinski definition) is 2. The maximum atomic E-state index is 12.7. The number of carbonyl (C=O) groups excluding carboxylic acids is 1. The summed E-state index contributed by atoms with van der Waals surface area (Å²) in [5.74, 6) is 0.311. The summed E-state index contributed by atoms with van der Waals surface area (Å²) in [6.45, 7) is 1.26. The minimum absolute atomic E-state index is 0.116. The first-order valence-electron chi connectivity index (χ1n) is 9.24. The molecule has 8 heteroatoms. The van der Waals surface area contributed by atoms with Gasteiger partial charge >= 0.3 is 0 Å². The Bertz CT molecular complexity index is 1050. The number of thiophene rings is 1. The quantitative estimate of drug-likeness (QED) is 0.525. The van der Waals surface area contributed by atoms with Crippen LogP contribution in [0.3, 0.4) is 0 Å². The van der Waals surface area contributed by atoms with Crippen molar-refractivity contribution in [3.8, 4) is 5.75 Å². The molecule has 3 aromatic rings. The van der Waals surface area contributed by atoms with E-state index in [0.29, 0.717) is 27.9 Å². The molecule has 29 heavy (non-hydrogen) atoms. The van der Waals surface area contributed by atoms with Gasteiger partial charge in [-0.1, -0.05) is 41.9 Å². The summed E-state index contributed by atoms with van der Waals surface area (Å²) in [6, 6.07) is 15.1. The average Bonchev–Trinajstić information content (AvgIpc) is 3.35. The number of benzene rings is 2. The molecule has 2 heterocycles. The van der Waals surface area contributed by atoms with Crippen LogP contribution >= 0.6 is 35.2 Å². The van der Waals surface area contributed by atoms with Crippen molar-refractivity contribution in [2.45, 2.75) is 18.9 Å². The topological polar surface area (TPSA) is 59.6 Å². The minimum Gasteiger partial charge on any atom is -0.489 e.